The third-order valence-electron chi connectivity index (χ3n) is 18.6. The van der Waals surface area contributed by atoms with Gasteiger partial charge in [0.2, 0.25) is 0 Å². The van der Waals surface area contributed by atoms with Gasteiger partial charge in [-0.1, -0.05) is 47.3 Å². The fraction of sp³-hybridized carbons (Fsp3) is 0.800. The Labute approximate surface area is 506 Å². The molecule has 0 aliphatic heterocycles. The van der Waals surface area contributed by atoms with Gasteiger partial charge in [0, 0.05) is 76.8 Å². The fourth-order valence-corrected chi connectivity index (χ4v) is 14.8. The molecule has 2 spiro atoms. The maximum atomic E-state index is 14.8. The van der Waals surface area contributed by atoms with Crippen LogP contribution in [0.1, 0.15) is 189 Å². The zero-order chi connectivity index (χ0) is 64.2. The highest BCUT2D eigenvalue weighted by molar-refractivity contribution is 6.00. The first-order valence-electron chi connectivity index (χ1n) is 30.9. The van der Waals surface area contributed by atoms with Gasteiger partial charge in [0.25, 0.3) is 0 Å². The molecule has 0 saturated heterocycles. The molecule has 12 atom stereocenters. The van der Waals surface area contributed by atoms with E-state index in [-0.39, 0.29) is 91.2 Å². The number of allylic oxidation sites excluding steroid dienone is 2. The van der Waals surface area contributed by atoms with Crippen LogP contribution in [0.25, 0.3) is 0 Å². The minimum Gasteiger partial charge on any atom is -0.464 e. The lowest BCUT2D eigenvalue weighted by molar-refractivity contribution is -0.166. The lowest BCUT2D eigenvalue weighted by atomic mass is 9.43. The van der Waals surface area contributed by atoms with Crippen molar-refractivity contribution in [3.8, 4) is 0 Å². The fourth-order valence-electron chi connectivity index (χ4n) is 14.8. The lowest BCUT2D eigenvalue weighted by Crippen LogP contribution is -2.56. The molecular formula is C65H104N4O16. The van der Waals surface area contributed by atoms with Crippen LogP contribution in [0.4, 0.5) is 19.2 Å². The van der Waals surface area contributed by atoms with E-state index in [0.29, 0.717) is 31.6 Å². The molecule has 4 amide bonds. The number of nitrogens with one attached hydrogen (secondary N) is 1. The Morgan fingerprint density at radius 1 is 0.694 bits per heavy atom. The molecule has 20 heteroatoms. The van der Waals surface area contributed by atoms with Crippen LogP contribution < -0.4 is 5.32 Å². The van der Waals surface area contributed by atoms with E-state index in [1.165, 1.54) is 18.7 Å². The predicted octanol–water partition coefficient (Wildman–Crippen LogP) is 11.2. The van der Waals surface area contributed by atoms with E-state index in [2.05, 4.69) is 38.7 Å². The Morgan fingerprint density at radius 3 is 1.74 bits per heavy atom. The number of alkyl carbamates (subject to hydrolysis) is 1. The SMILES string of the molecule is C=C(C(=O)[C@H](OC(C)=O)C(C)[C@H]1[C@@H](OC(C)=O)C[C@@]2(C)[C@@H]3CC[C@H]4[C@H](C)C(=O)C=CC45CC35CC[C@]12C)[C@@H](C)COC(=O)CN(CCN(CCCCN(CCCNC(=O)OC(C)(C)C)C(=O)OC(C)(C)C)C(=O)OC(C)(C)C)C(=O)OC(C)(C)C. The minimum atomic E-state index is -1.31. The monoisotopic (exact) mass is 1200 g/mol. The molecule has 5 rings (SSSR count). The molecule has 0 radical (unpaired) electrons. The van der Waals surface area contributed by atoms with Crippen molar-refractivity contribution >= 4 is 53.8 Å². The number of nitrogens with zero attached hydrogens (tertiary/aromatic N) is 3. The molecule has 0 aromatic heterocycles. The number of carbonyl (C=O) groups excluding carboxylic acids is 9. The predicted molar refractivity (Wildman–Crippen MR) is 319 cm³/mol. The molecule has 5 aliphatic rings. The summed E-state index contributed by atoms with van der Waals surface area (Å²) in [6, 6.07) is 0. The van der Waals surface area contributed by atoms with Gasteiger partial charge in [-0.25, -0.2) is 19.2 Å². The number of fused-ring (bicyclic) bond motifs is 2. The van der Waals surface area contributed by atoms with Crippen molar-refractivity contribution in [2.24, 2.45) is 57.2 Å². The average Bonchev–Trinajstić information content (AvgIpc) is 1.48. The number of amides is 4. The highest BCUT2D eigenvalue weighted by atomic mass is 16.6. The molecule has 0 bridgehead atoms. The number of esters is 3. The van der Waals surface area contributed by atoms with Crippen LogP contribution in [-0.2, 0) is 57.1 Å². The van der Waals surface area contributed by atoms with E-state index >= 15 is 0 Å². The number of ketones is 2. The summed E-state index contributed by atoms with van der Waals surface area (Å²) in [7, 11) is 0. The van der Waals surface area contributed by atoms with E-state index in [1.54, 1.807) is 101 Å². The van der Waals surface area contributed by atoms with Gasteiger partial charge in [-0.3, -0.25) is 28.9 Å². The highest BCUT2D eigenvalue weighted by Gasteiger charge is 2.82. The number of carbonyl (C=O) groups is 9. The molecule has 5 aliphatic carbocycles. The number of hydrogen-bond donors (Lipinski definition) is 1. The summed E-state index contributed by atoms with van der Waals surface area (Å²) in [6.45, 7) is 37.6. The number of Topliss-reactive ketones (excluding diaryl/α,β-unsaturated/α-hetero) is 1. The van der Waals surface area contributed by atoms with E-state index in [1.807, 2.05) is 6.92 Å². The van der Waals surface area contributed by atoms with Gasteiger partial charge in [-0.2, -0.15) is 0 Å². The van der Waals surface area contributed by atoms with Crippen LogP contribution in [0.5, 0.6) is 0 Å². The van der Waals surface area contributed by atoms with E-state index < -0.39 is 106 Å². The molecule has 0 heterocycles. The lowest BCUT2D eigenvalue weighted by Gasteiger charge is -2.61. The Balaban J connectivity index is 1.26. The summed E-state index contributed by atoms with van der Waals surface area (Å²) in [4.78, 5) is 125. The summed E-state index contributed by atoms with van der Waals surface area (Å²) < 4.78 is 40.4. The molecule has 0 aromatic rings. The summed E-state index contributed by atoms with van der Waals surface area (Å²) in [5.74, 6) is -3.55. The van der Waals surface area contributed by atoms with Crippen LogP contribution >= 0.6 is 0 Å². The third kappa shape index (κ3) is 17.1. The van der Waals surface area contributed by atoms with Crippen LogP contribution in [-0.4, -0.2) is 156 Å². The van der Waals surface area contributed by atoms with Gasteiger partial charge < -0.3 is 48.3 Å². The minimum absolute atomic E-state index is 0.0231. The number of ether oxygens (including phenoxy) is 7. The van der Waals surface area contributed by atoms with Crippen LogP contribution in [0.15, 0.2) is 24.3 Å². The normalized spacial score (nSPS) is 27.8. The molecule has 4 fully saturated rings. The Kier molecular flexibility index (Phi) is 22.0. The van der Waals surface area contributed by atoms with Crippen molar-refractivity contribution in [2.45, 2.75) is 224 Å². The molecule has 4 saturated carbocycles. The van der Waals surface area contributed by atoms with E-state index in [4.69, 9.17) is 33.2 Å². The standard InChI is InChI=1S/C65H104N4O16/c1-40(41(2)52(74)53(81-45(6)71)43(4)51-48(80-44(5)70)36-63(20)49-25-24-46-42(3)47(72)26-27-64(46)39-65(49,64)29-28-62(51,63)19)38-79-50(73)37-69(57(78)85-61(16,17)18)35-34-68(56(77)84-60(13,14)15)32-22-21-31-67(55(76)83-59(10,11)12)33-23-30-66-54(75)82-58(7,8)9/h26-27,40,42-43,46,48-49,51,53H,2,21-25,28-39H2,1,3-20H3,(H,66,75)/t40-,42-,43?,46-,48-,49-,51-,53+,62+,63-,64?,65?/m0/s1. The quantitative estimate of drug-likeness (QED) is 0.0433. The number of rotatable bonds is 23. The van der Waals surface area contributed by atoms with Crippen molar-refractivity contribution in [1.29, 1.82) is 0 Å². The molecule has 480 valence electrons. The Bertz CT molecular complexity index is 2540. The maximum absolute atomic E-state index is 14.8. The highest BCUT2D eigenvalue weighted by Crippen LogP contribution is 2.87. The first-order chi connectivity index (χ1) is 39.0. The largest absolute Gasteiger partial charge is 0.464 e. The second kappa shape index (κ2) is 26.7. The van der Waals surface area contributed by atoms with E-state index in [9.17, 15) is 43.2 Å². The molecular weight excluding hydrogens is 1090 g/mol. The third-order valence-corrected chi connectivity index (χ3v) is 18.6. The Hall–Kier alpha value is -5.69. The Morgan fingerprint density at radius 2 is 1.21 bits per heavy atom. The second-order valence-corrected chi connectivity index (χ2v) is 29.5. The van der Waals surface area contributed by atoms with Crippen molar-refractivity contribution in [3.05, 3.63) is 24.3 Å². The van der Waals surface area contributed by atoms with Gasteiger partial charge in [-0.05, 0) is 186 Å². The van der Waals surface area contributed by atoms with Gasteiger partial charge >= 0.3 is 42.3 Å². The number of unbranched alkanes of at least 4 members (excludes halogenated alkanes) is 1. The first-order valence-corrected chi connectivity index (χ1v) is 30.9. The average molecular weight is 1200 g/mol. The maximum Gasteiger partial charge on any atom is 0.410 e. The van der Waals surface area contributed by atoms with Crippen molar-refractivity contribution in [3.63, 3.8) is 0 Å². The smallest absolute Gasteiger partial charge is 0.410 e. The summed E-state index contributed by atoms with van der Waals surface area (Å²) in [5, 5.41) is 2.71. The van der Waals surface area contributed by atoms with Gasteiger partial charge in [0.1, 0.15) is 35.1 Å². The van der Waals surface area contributed by atoms with Crippen LogP contribution in [0, 0.1) is 57.2 Å². The molecule has 3 unspecified atom stereocenters. The summed E-state index contributed by atoms with van der Waals surface area (Å²) in [5.41, 5.74) is -3.99. The van der Waals surface area contributed by atoms with Crippen molar-refractivity contribution in [2.75, 3.05) is 52.4 Å². The molecule has 20 nitrogen and oxygen atoms in total. The zero-order valence-electron chi connectivity index (χ0n) is 54.9. The van der Waals surface area contributed by atoms with Gasteiger partial charge in [0.15, 0.2) is 17.7 Å². The van der Waals surface area contributed by atoms with Crippen LogP contribution in [0.3, 0.4) is 0 Å². The molecule has 0 aromatic carbocycles. The topological polar surface area (TPSA) is 240 Å². The zero-order valence-corrected chi connectivity index (χ0v) is 54.9. The van der Waals surface area contributed by atoms with Crippen LogP contribution in [0.2, 0.25) is 0 Å². The van der Waals surface area contributed by atoms with Crippen molar-refractivity contribution < 1.29 is 76.3 Å². The molecule has 85 heavy (non-hydrogen) atoms. The second-order valence-electron chi connectivity index (χ2n) is 29.5. The summed E-state index contributed by atoms with van der Waals surface area (Å²) >= 11 is 0. The first kappa shape index (κ1) is 70.1. The van der Waals surface area contributed by atoms with Gasteiger partial charge in [0.05, 0.1) is 6.61 Å². The van der Waals surface area contributed by atoms with E-state index in [0.717, 1.165) is 37.0 Å². The summed E-state index contributed by atoms with van der Waals surface area (Å²) in [6.07, 6.45) is 5.99. The number of hydrogen-bond acceptors (Lipinski definition) is 16. The molecule has 1 N–H and O–H groups in total. The van der Waals surface area contributed by atoms with Crippen molar-refractivity contribution in [1.82, 2.24) is 20.0 Å². The van der Waals surface area contributed by atoms with Gasteiger partial charge in [-0.15, -0.1) is 0 Å².